The molecule has 3 nitrogen and oxygen atoms in total. The van der Waals surface area contributed by atoms with Crippen LogP contribution in [0.3, 0.4) is 0 Å². The molecule has 0 heterocycles. The third-order valence-electron chi connectivity index (χ3n) is 3.77. The fraction of sp³-hybridized carbons (Fsp3) is 0.300. The van der Waals surface area contributed by atoms with E-state index in [9.17, 15) is 5.11 Å². The van der Waals surface area contributed by atoms with E-state index >= 15 is 0 Å². The van der Waals surface area contributed by atoms with Crippen molar-refractivity contribution in [2.45, 2.75) is 25.4 Å². The summed E-state index contributed by atoms with van der Waals surface area (Å²) in [5.74, 6) is 3.23. The molecular weight excluding hydrogens is 286 g/mol. The first-order chi connectivity index (χ1) is 11.2. The zero-order chi connectivity index (χ0) is 16.5. The molecule has 0 amide bonds. The van der Waals surface area contributed by atoms with Gasteiger partial charge in [-0.05, 0) is 36.6 Å². The highest BCUT2D eigenvalue weighted by molar-refractivity contribution is 5.29. The highest BCUT2D eigenvalue weighted by atomic mass is 16.5. The van der Waals surface area contributed by atoms with Crippen molar-refractivity contribution in [3.63, 3.8) is 0 Å². The van der Waals surface area contributed by atoms with E-state index in [2.05, 4.69) is 30.3 Å². The second-order valence-corrected chi connectivity index (χ2v) is 5.43. The summed E-state index contributed by atoms with van der Waals surface area (Å²) in [5.41, 5.74) is 2.35. The Bertz CT molecular complexity index is 616. The molecule has 0 aliphatic rings. The number of hydrogen-bond donors (Lipinski definition) is 2. The first-order valence-electron chi connectivity index (χ1n) is 7.82. The molecule has 2 atom stereocenters. The van der Waals surface area contributed by atoms with E-state index in [1.807, 2.05) is 42.5 Å². The van der Waals surface area contributed by atoms with E-state index in [1.54, 1.807) is 0 Å². The number of rotatable bonds is 8. The summed E-state index contributed by atoms with van der Waals surface area (Å²) in [4.78, 5) is 0. The zero-order valence-corrected chi connectivity index (χ0v) is 13.4. The maximum atomic E-state index is 9.33. The van der Waals surface area contributed by atoms with Gasteiger partial charge in [0, 0.05) is 18.7 Å². The standard InChI is InChI=1S/C20H23NO2/c1-3-15-23-19-11-9-17(10-12-19)16(2)21-20(13-14-22)18-7-5-4-6-8-18/h1,4-12,16,20-22H,13-15H2,2H3/t16?,20-/m1/s1. The first kappa shape index (κ1) is 17.1. The molecule has 3 heteroatoms. The third-order valence-corrected chi connectivity index (χ3v) is 3.77. The molecule has 2 aromatic rings. The molecular formula is C20H23NO2. The van der Waals surface area contributed by atoms with Crippen LogP contribution in [-0.2, 0) is 0 Å². The quantitative estimate of drug-likeness (QED) is 0.734. The Kier molecular flexibility index (Phi) is 6.68. The monoisotopic (exact) mass is 309 g/mol. The number of nitrogens with one attached hydrogen (secondary N) is 1. The Balaban J connectivity index is 2.03. The van der Waals surface area contributed by atoms with Gasteiger partial charge in [0.1, 0.15) is 12.4 Å². The summed E-state index contributed by atoms with van der Waals surface area (Å²) in [6, 6.07) is 18.4. The Morgan fingerprint density at radius 2 is 1.78 bits per heavy atom. The number of benzene rings is 2. The largest absolute Gasteiger partial charge is 0.481 e. The highest BCUT2D eigenvalue weighted by Gasteiger charge is 2.14. The molecule has 0 fully saturated rings. The van der Waals surface area contributed by atoms with Crippen molar-refractivity contribution in [3.05, 3.63) is 65.7 Å². The number of aliphatic hydroxyl groups is 1. The van der Waals surface area contributed by atoms with Gasteiger partial charge in [-0.15, -0.1) is 6.42 Å². The van der Waals surface area contributed by atoms with E-state index in [0.717, 1.165) is 11.3 Å². The van der Waals surface area contributed by atoms with Crippen molar-refractivity contribution in [2.24, 2.45) is 0 Å². The second kappa shape index (κ2) is 8.99. The van der Waals surface area contributed by atoms with Gasteiger partial charge < -0.3 is 15.2 Å². The lowest BCUT2D eigenvalue weighted by molar-refractivity contribution is 0.260. The van der Waals surface area contributed by atoms with E-state index in [1.165, 1.54) is 5.56 Å². The molecule has 0 radical (unpaired) electrons. The normalized spacial score (nSPS) is 13.1. The molecule has 0 saturated heterocycles. The van der Waals surface area contributed by atoms with Crippen molar-refractivity contribution in [1.82, 2.24) is 5.32 Å². The van der Waals surface area contributed by atoms with Crippen LogP contribution in [0.1, 0.15) is 36.6 Å². The first-order valence-corrected chi connectivity index (χ1v) is 7.82. The SMILES string of the molecule is C#CCOc1ccc(C(C)N[C@H](CCO)c2ccccc2)cc1. The van der Waals surface area contributed by atoms with Gasteiger partial charge in [0.2, 0.25) is 0 Å². The van der Waals surface area contributed by atoms with Crippen LogP contribution in [0.5, 0.6) is 5.75 Å². The van der Waals surface area contributed by atoms with Crippen molar-refractivity contribution in [2.75, 3.05) is 13.2 Å². The highest BCUT2D eigenvalue weighted by Crippen LogP contribution is 2.23. The fourth-order valence-electron chi connectivity index (χ4n) is 2.54. The number of hydrogen-bond acceptors (Lipinski definition) is 3. The molecule has 2 aromatic carbocycles. The van der Waals surface area contributed by atoms with Crippen LogP contribution < -0.4 is 10.1 Å². The number of aliphatic hydroxyl groups excluding tert-OH is 1. The molecule has 1 unspecified atom stereocenters. The minimum absolute atomic E-state index is 0.119. The third kappa shape index (κ3) is 5.14. The maximum Gasteiger partial charge on any atom is 0.148 e. The van der Waals surface area contributed by atoms with E-state index in [4.69, 9.17) is 11.2 Å². The van der Waals surface area contributed by atoms with Crippen LogP contribution in [0.15, 0.2) is 54.6 Å². The second-order valence-electron chi connectivity index (χ2n) is 5.43. The van der Waals surface area contributed by atoms with Crippen molar-refractivity contribution in [3.8, 4) is 18.1 Å². The lowest BCUT2D eigenvalue weighted by atomic mass is 10.0. The van der Waals surface area contributed by atoms with Gasteiger partial charge in [-0.1, -0.05) is 48.4 Å². The topological polar surface area (TPSA) is 41.5 Å². The van der Waals surface area contributed by atoms with Crippen molar-refractivity contribution >= 4 is 0 Å². The lowest BCUT2D eigenvalue weighted by Crippen LogP contribution is -2.25. The molecule has 2 rings (SSSR count). The Morgan fingerprint density at radius 3 is 2.39 bits per heavy atom. The van der Waals surface area contributed by atoms with Gasteiger partial charge in [-0.3, -0.25) is 0 Å². The van der Waals surface area contributed by atoms with Crippen molar-refractivity contribution < 1.29 is 9.84 Å². The predicted molar refractivity (Wildman–Crippen MR) is 93.2 cm³/mol. The van der Waals surface area contributed by atoms with Crippen LogP contribution >= 0.6 is 0 Å². The summed E-state index contributed by atoms with van der Waals surface area (Å²) >= 11 is 0. The molecule has 0 aromatic heterocycles. The van der Waals surface area contributed by atoms with E-state index in [0.29, 0.717) is 6.42 Å². The summed E-state index contributed by atoms with van der Waals surface area (Å²) in [6.45, 7) is 2.54. The smallest absolute Gasteiger partial charge is 0.148 e. The Labute approximate surface area is 138 Å². The molecule has 120 valence electrons. The minimum Gasteiger partial charge on any atom is -0.481 e. The fourth-order valence-corrected chi connectivity index (χ4v) is 2.54. The van der Waals surface area contributed by atoms with Crippen molar-refractivity contribution in [1.29, 1.82) is 0 Å². The number of ether oxygens (including phenoxy) is 1. The molecule has 0 saturated carbocycles. The van der Waals surface area contributed by atoms with E-state index in [-0.39, 0.29) is 25.3 Å². The van der Waals surface area contributed by atoms with Gasteiger partial charge in [0.25, 0.3) is 0 Å². The van der Waals surface area contributed by atoms with Gasteiger partial charge in [0.15, 0.2) is 0 Å². The summed E-state index contributed by atoms with van der Waals surface area (Å²) in [5, 5.41) is 12.9. The maximum absolute atomic E-state index is 9.33. The van der Waals surface area contributed by atoms with Crippen LogP contribution in [0.2, 0.25) is 0 Å². The summed E-state index contributed by atoms with van der Waals surface area (Å²) < 4.78 is 5.39. The molecule has 0 aliphatic carbocycles. The van der Waals surface area contributed by atoms with Gasteiger partial charge in [-0.25, -0.2) is 0 Å². The summed E-state index contributed by atoms with van der Waals surface area (Å²) in [6.07, 6.45) is 5.87. The average molecular weight is 309 g/mol. The molecule has 0 aliphatic heterocycles. The van der Waals surface area contributed by atoms with Gasteiger partial charge in [0.05, 0.1) is 0 Å². The van der Waals surface area contributed by atoms with Gasteiger partial charge >= 0.3 is 0 Å². The number of terminal acetylenes is 1. The van der Waals surface area contributed by atoms with Gasteiger partial charge in [-0.2, -0.15) is 0 Å². The predicted octanol–water partition coefficient (Wildman–Crippen LogP) is 3.47. The average Bonchev–Trinajstić information content (AvgIpc) is 2.60. The van der Waals surface area contributed by atoms with Crippen LogP contribution in [0.4, 0.5) is 0 Å². The van der Waals surface area contributed by atoms with Crippen LogP contribution in [0, 0.1) is 12.3 Å². The molecule has 23 heavy (non-hydrogen) atoms. The summed E-state index contributed by atoms with van der Waals surface area (Å²) in [7, 11) is 0. The van der Waals surface area contributed by atoms with E-state index < -0.39 is 0 Å². The Morgan fingerprint density at radius 1 is 1.09 bits per heavy atom. The zero-order valence-electron chi connectivity index (χ0n) is 13.4. The van der Waals surface area contributed by atoms with Crippen LogP contribution in [-0.4, -0.2) is 18.3 Å². The minimum atomic E-state index is 0.119. The molecule has 0 spiro atoms. The van der Waals surface area contributed by atoms with Crippen LogP contribution in [0.25, 0.3) is 0 Å². The molecule has 0 bridgehead atoms. The molecule has 2 N–H and O–H groups in total. The Hall–Kier alpha value is -2.28. The lowest BCUT2D eigenvalue weighted by Gasteiger charge is -2.24.